The third-order valence-corrected chi connectivity index (χ3v) is 5.16. The molecule has 5 nitrogen and oxygen atoms in total. The van der Waals surface area contributed by atoms with E-state index in [0.29, 0.717) is 17.2 Å². The van der Waals surface area contributed by atoms with Crippen LogP contribution in [0.5, 0.6) is 5.75 Å². The Morgan fingerprint density at radius 1 is 1.07 bits per heavy atom. The van der Waals surface area contributed by atoms with Crippen LogP contribution in [-0.4, -0.2) is 22.6 Å². The number of rotatable bonds is 6. The summed E-state index contributed by atoms with van der Waals surface area (Å²) in [6.45, 7) is 0.691. The lowest BCUT2D eigenvalue weighted by atomic mass is 10.2. The zero-order valence-electron chi connectivity index (χ0n) is 14.8. The second-order valence-corrected chi connectivity index (χ2v) is 6.92. The fourth-order valence-corrected chi connectivity index (χ4v) is 3.63. The molecule has 27 heavy (non-hydrogen) atoms. The second kappa shape index (κ2) is 7.63. The van der Waals surface area contributed by atoms with E-state index in [0.717, 1.165) is 22.3 Å². The van der Waals surface area contributed by atoms with Crippen LogP contribution < -0.4 is 4.74 Å². The van der Waals surface area contributed by atoms with Gasteiger partial charge in [-0.2, -0.15) is 0 Å². The van der Waals surface area contributed by atoms with Gasteiger partial charge in [0.05, 0.1) is 24.7 Å². The number of esters is 1. The number of para-hydroxylation sites is 3. The number of nitrogens with zero attached hydrogens (tertiary/aromatic N) is 2. The molecular formula is C21H18N2O3S. The van der Waals surface area contributed by atoms with E-state index in [-0.39, 0.29) is 12.6 Å². The number of thiophene rings is 1. The first-order valence-electron chi connectivity index (χ1n) is 8.53. The van der Waals surface area contributed by atoms with Crippen molar-refractivity contribution < 1.29 is 14.3 Å². The van der Waals surface area contributed by atoms with Crippen LogP contribution >= 0.6 is 11.3 Å². The van der Waals surface area contributed by atoms with E-state index >= 15 is 0 Å². The van der Waals surface area contributed by atoms with E-state index in [4.69, 9.17) is 9.47 Å². The molecule has 0 spiro atoms. The Balaban J connectivity index is 1.66. The minimum atomic E-state index is -0.333. The van der Waals surface area contributed by atoms with Crippen molar-refractivity contribution in [2.75, 3.05) is 7.11 Å². The van der Waals surface area contributed by atoms with Crippen molar-refractivity contribution in [2.45, 2.75) is 13.2 Å². The van der Waals surface area contributed by atoms with E-state index in [1.165, 1.54) is 11.3 Å². The lowest BCUT2D eigenvalue weighted by molar-refractivity contribution is 0.0465. The summed E-state index contributed by atoms with van der Waals surface area (Å²) in [5, 5.41) is 1.85. The van der Waals surface area contributed by atoms with Crippen molar-refractivity contribution in [3.8, 4) is 5.75 Å². The van der Waals surface area contributed by atoms with Crippen molar-refractivity contribution in [2.24, 2.45) is 0 Å². The molecule has 2 heterocycles. The highest BCUT2D eigenvalue weighted by atomic mass is 32.1. The SMILES string of the molecule is COc1ccccc1Cn1c(COC(=O)c2cccs2)nc2ccccc21. The summed E-state index contributed by atoms with van der Waals surface area (Å²) in [5.74, 6) is 1.18. The molecule has 2 aromatic heterocycles. The number of methoxy groups -OCH3 is 1. The number of benzene rings is 2. The standard InChI is InChI=1S/C21H18N2O3S/c1-25-18-10-5-2-7-15(18)13-23-17-9-4-3-8-16(17)22-20(23)14-26-21(24)19-11-6-12-27-19/h2-12H,13-14H2,1H3. The van der Waals surface area contributed by atoms with Crippen LogP contribution in [0.1, 0.15) is 21.1 Å². The number of hydrogen-bond acceptors (Lipinski definition) is 5. The molecule has 4 rings (SSSR count). The van der Waals surface area contributed by atoms with Gasteiger partial charge in [-0.25, -0.2) is 9.78 Å². The van der Waals surface area contributed by atoms with Gasteiger partial charge in [0.2, 0.25) is 0 Å². The third kappa shape index (κ3) is 3.57. The number of hydrogen-bond donors (Lipinski definition) is 0. The van der Waals surface area contributed by atoms with Crippen LogP contribution in [0.3, 0.4) is 0 Å². The van der Waals surface area contributed by atoms with Crippen molar-refractivity contribution >= 4 is 28.3 Å². The first-order chi connectivity index (χ1) is 13.3. The summed E-state index contributed by atoms with van der Waals surface area (Å²) in [6.07, 6.45) is 0. The molecule has 0 fully saturated rings. The largest absolute Gasteiger partial charge is 0.496 e. The van der Waals surface area contributed by atoms with Crippen LogP contribution in [0.2, 0.25) is 0 Å². The van der Waals surface area contributed by atoms with Gasteiger partial charge in [0.1, 0.15) is 23.1 Å². The summed E-state index contributed by atoms with van der Waals surface area (Å²) >= 11 is 1.36. The highest BCUT2D eigenvalue weighted by molar-refractivity contribution is 7.11. The Hall–Kier alpha value is -3.12. The zero-order valence-corrected chi connectivity index (χ0v) is 15.6. The van der Waals surface area contributed by atoms with Gasteiger partial charge in [-0.15, -0.1) is 11.3 Å². The fraction of sp³-hybridized carbons (Fsp3) is 0.143. The molecule has 0 atom stereocenters. The van der Waals surface area contributed by atoms with Crippen LogP contribution in [0.4, 0.5) is 0 Å². The van der Waals surface area contributed by atoms with E-state index in [2.05, 4.69) is 9.55 Å². The average Bonchev–Trinajstić information content (AvgIpc) is 3.35. The Labute approximate surface area is 160 Å². The quantitative estimate of drug-likeness (QED) is 0.463. The molecule has 136 valence electrons. The van der Waals surface area contributed by atoms with Gasteiger partial charge in [0, 0.05) is 5.56 Å². The molecule has 0 bridgehead atoms. The lowest BCUT2D eigenvalue weighted by Gasteiger charge is -2.12. The summed E-state index contributed by atoms with van der Waals surface area (Å²) in [5.41, 5.74) is 2.90. The van der Waals surface area contributed by atoms with Crippen LogP contribution in [-0.2, 0) is 17.9 Å². The Morgan fingerprint density at radius 3 is 2.70 bits per heavy atom. The summed E-state index contributed by atoms with van der Waals surface area (Å²) in [7, 11) is 1.66. The molecule has 0 unspecified atom stereocenters. The van der Waals surface area contributed by atoms with Crippen LogP contribution in [0.25, 0.3) is 11.0 Å². The number of carbonyl (C=O) groups excluding carboxylic acids is 1. The molecule has 4 aromatic rings. The molecule has 0 N–H and O–H groups in total. The van der Waals surface area contributed by atoms with E-state index in [1.807, 2.05) is 60.0 Å². The molecule has 0 aliphatic rings. The van der Waals surface area contributed by atoms with E-state index in [1.54, 1.807) is 13.2 Å². The fourth-order valence-electron chi connectivity index (χ4n) is 3.01. The summed E-state index contributed by atoms with van der Waals surface area (Å²) in [6, 6.07) is 19.4. The first-order valence-corrected chi connectivity index (χ1v) is 9.41. The third-order valence-electron chi connectivity index (χ3n) is 4.31. The minimum Gasteiger partial charge on any atom is -0.496 e. The number of imidazole rings is 1. The zero-order chi connectivity index (χ0) is 18.6. The number of fused-ring (bicyclic) bond motifs is 1. The monoisotopic (exact) mass is 378 g/mol. The molecule has 0 saturated heterocycles. The molecule has 6 heteroatoms. The topological polar surface area (TPSA) is 53.4 Å². The maximum atomic E-state index is 12.2. The lowest BCUT2D eigenvalue weighted by Crippen LogP contribution is -2.10. The molecule has 0 saturated carbocycles. The van der Waals surface area contributed by atoms with Crippen molar-refractivity contribution in [3.05, 3.63) is 82.3 Å². The van der Waals surface area contributed by atoms with Crippen molar-refractivity contribution in [1.82, 2.24) is 9.55 Å². The Kier molecular flexibility index (Phi) is 4.89. The first kappa shape index (κ1) is 17.3. The summed E-state index contributed by atoms with van der Waals surface area (Å²) in [4.78, 5) is 17.4. The Morgan fingerprint density at radius 2 is 1.89 bits per heavy atom. The van der Waals surface area contributed by atoms with Gasteiger partial charge in [-0.3, -0.25) is 0 Å². The molecule has 0 amide bonds. The summed E-state index contributed by atoms with van der Waals surface area (Å²) < 4.78 is 13.0. The number of aromatic nitrogens is 2. The Bertz CT molecular complexity index is 1070. The highest BCUT2D eigenvalue weighted by Crippen LogP contribution is 2.23. The normalized spacial score (nSPS) is 10.9. The minimum absolute atomic E-state index is 0.112. The van der Waals surface area contributed by atoms with Crippen molar-refractivity contribution in [1.29, 1.82) is 0 Å². The van der Waals surface area contributed by atoms with Crippen molar-refractivity contribution in [3.63, 3.8) is 0 Å². The van der Waals surface area contributed by atoms with Gasteiger partial charge in [-0.1, -0.05) is 36.4 Å². The van der Waals surface area contributed by atoms with Gasteiger partial charge in [-0.05, 0) is 29.6 Å². The van der Waals surface area contributed by atoms with Gasteiger partial charge in [0.15, 0.2) is 0 Å². The number of carbonyl (C=O) groups is 1. The highest BCUT2D eigenvalue weighted by Gasteiger charge is 2.15. The molecule has 2 aromatic carbocycles. The van der Waals surface area contributed by atoms with E-state index in [9.17, 15) is 4.79 Å². The van der Waals surface area contributed by atoms with Gasteiger partial charge in [0.25, 0.3) is 0 Å². The van der Waals surface area contributed by atoms with Gasteiger partial charge >= 0.3 is 5.97 Å². The molecule has 0 aliphatic heterocycles. The average molecular weight is 378 g/mol. The second-order valence-electron chi connectivity index (χ2n) is 5.97. The van der Waals surface area contributed by atoms with Crippen LogP contribution in [0.15, 0.2) is 66.0 Å². The molecule has 0 radical (unpaired) electrons. The smallest absolute Gasteiger partial charge is 0.348 e. The van der Waals surface area contributed by atoms with E-state index < -0.39 is 0 Å². The molecular weight excluding hydrogens is 360 g/mol. The maximum absolute atomic E-state index is 12.2. The maximum Gasteiger partial charge on any atom is 0.348 e. The van der Waals surface area contributed by atoms with Crippen LogP contribution in [0, 0.1) is 0 Å². The van der Waals surface area contributed by atoms with Gasteiger partial charge < -0.3 is 14.0 Å². The predicted octanol–water partition coefficient (Wildman–Crippen LogP) is 4.51. The predicted molar refractivity (Wildman–Crippen MR) is 105 cm³/mol. The molecule has 0 aliphatic carbocycles. The number of ether oxygens (including phenoxy) is 2.